The smallest absolute Gasteiger partial charge is 0.303 e. The zero-order valence-corrected chi connectivity index (χ0v) is 84.4. The first-order valence-electron chi connectivity index (χ1n) is 48.5. The van der Waals surface area contributed by atoms with E-state index < -0.39 is 269 Å². The first-order chi connectivity index (χ1) is 67.2. The Balaban J connectivity index is 1.56. The minimum absolute atomic E-state index is 0.0817. The van der Waals surface area contributed by atoms with Crippen molar-refractivity contribution in [2.24, 2.45) is 35.1 Å². The summed E-state index contributed by atoms with van der Waals surface area (Å²) >= 11 is 0. The van der Waals surface area contributed by atoms with Crippen LogP contribution in [0, 0.1) is 23.7 Å². The summed E-state index contributed by atoms with van der Waals surface area (Å²) in [5, 5.41) is 58.4. The van der Waals surface area contributed by atoms with Gasteiger partial charge in [-0.3, -0.25) is 101 Å². The first-order valence-corrected chi connectivity index (χ1v) is 48.5. The number of Topliss-reactive ketones (excluding diaryl/α,β-unsaturated/α-hetero) is 9. The van der Waals surface area contributed by atoms with Crippen LogP contribution in [0.4, 0.5) is 0 Å². The molecule has 143 heavy (non-hydrogen) atoms. The van der Waals surface area contributed by atoms with Gasteiger partial charge in [-0.15, -0.1) is 0 Å². The summed E-state index contributed by atoms with van der Waals surface area (Å²) in [6.45, 7) is 22.5. The van der Waals surface area contributed by atoms with Crippen LogP contribution in [0.15, 0.2) is 97.2 Å². The Morgan fingerprint density at radius 3 is 1.67 bits per heavy atom. The summed E-state index contributed by atoms with van der Waals surface area (Å²) in [7, 11) is 0. The molecule has 3 aromatic carbocycles. The molecule has 786 valence electrons. The van der Waals surface area contributed by atoms with Gasteiger partial charge in [-0.25, -0.2) is 32.6 Å². The number of H-pyrrole nitrogens is 1. The summed E-state index contributed by atoms with van der Waals surface area (Å²) in [6.07, 6.45) is 2.66. The molecule has 0 saturated carbocycles. The van der Waals surface area contributed by atoms with E-state index in [1.165, 1.54) is 107 Å². The molecule has 0 fully saturated rings. The number of aromatic hydroxyl groups is 1. The number of benzene rings is 3. The molecule has 5 rings (SSSR count). The van der Waals surface area contributed by atoms with Crippen molar-refractivity contribution in [1.29, 1.82) is 0 Å². The minimum atomic E-state index is -1.98. The van der Waals surface area contributed by atoms with E-state index in [4.69, 9.17) is 11.5 Å². The molecule has 0 spiro atoms. The Kier molecular flexibility index (Phi) is 49.4. The van der Waals surface area contributed by atoms with E-state index in [0.717, 1.165) is 0 Å². The van der Waals surface area contributed by atoms with Crippen LogP contribution in [0.2, 0.25) is 0 Å². The molecule has 43 heteroatoms. The van der Waals surface area contributed by atoms with Gasteiger partial charge in [-0.2, -0.15) is 0 Å². The average Bonchev–Trinajstić information content (AvgIpc) is 1.74. The van der Waals surface area contributed by atoms with Gasteiger partial charge >= 0.3 is 5.97 Å². The van der Waals surface area contributed by atoms with Crippen molar-refractivity contribution in [3.05, 3.63) is 114 Å². The number of fused-ring (bicyclic) bond motifs is 1. The third kappa shape index (κ3) is 39.7. The number of primary amides is 2. The van der Waals surface area contributed by atoms with E-state index >= 15 is 24.0 Å². The van der Waals surface area contributed by atoms with Crippen LogP contribution in [0.1, 0.15) is 230 Å². The molecular formula is C100H147N19O24. The highest BCUT2D eigenvalue weighted by Crippen LogP contribution is 2.25. The predicted octanol–water partition coefficient (Wildman–Crippen LogP) is 0.590. The maximum Gasteiger partial charge on any atom is 0.303 e. The lowest BCUT2D eigenvalue weighted by Crippen LogP contribution is -2.66. The fourth-order valence-corrected chi connectivity index (χ4v) is 15.7. The summed E-state index contributed by atoms with van der Waals surface area (Å²) in [4.78, 5) is 297. The number of carbonyl (C=O) groups is 21. The normalized spacial score (nSPS) is 22.0. The zero-order valence-electron chi connectivity index (χ0n) is 84.4. The molecule has 2 heterocycles. The number of nitrogens with one attached hydrogen (secondary N) is 17. The number of carbonyl (C=O) groups excluding carboxylic acids is 20. The molecule has 1 aliphatic rings. The number of aliphatic hydroxyl groups is 1. The quantitative estimate of drug-likeness (QED) is 0.0164. The summed E-state index contributed by atoms with van der Waals surface area (Å²) in [5.41, 5.74) is 25.7. The fourth-order valence-electron chi connectivity index (χ4n) is 15.7. The number of ketones is 9. The van der Waals surface area contributed by atoms with Crippen LogP contribution in [0.5, 0.6) is 5.75 Å². The van der Waals surface area contributed by atoms with Gasteiger partial charge in [-0.1, -0.05) is 127 Å². The van der Waals surface area contributed by atoms with Gasteiger partial charge in [0.05, 0.1) is 60.4 Å². The average molecular weight is 2000 g/mol. The molecule has 1 aromatic heterocycles. The number of carboxylic acid groups (broad SMARTS) is 1. The topological polar surface area (TPSA) is 679 Å². The van der Waals surface area contributed by atoms with Crippen molar-refractivity contribution in [2.75, 3.05) is 6.54 Å². The maximum absolute atomic E-state index is 15.6. The van der Waals surface area contributed by atoms with Crippen molar-refractivity contribution in [3.63, 3.8) is 0 Å². The number of rotatable bonds is 44. The van der Waals surface area contributed by atoms with E-state index in [1.807, 2.05) is 12.2 Å². The number of aromatic nitrogens is 1. The highest BCUT2D eigenvalue weighted by Gasteiger charge is 2.45. The van der Waals surface area contributed by atoms with Crippen LogP contribution in [-0.2, 0) is 120 Å². The largest absolute Gasteiger partial charge is 0.508 e. The number of carboxylic acids is 1. The number of para-hydroxylation sites is 1. The molecule has 0 bridgehead atoms. The van der Waals surface area contributed by atoms with E-state index in [1.54, 1.807) is 88.5 Å². The minimum Gasteiger partial charge on any atom is -0.508 e. The van der Waals surface area contributed by atoms with Crippen molar-refractivity contribution in [1.82, 2.24) is 90.7 Å². The second-order valence-electron chi connectivity index (χ2n) is 38.4. The van der Waals surface area contributed by atoms with E-state index in [2.05, 4.69) is 90.7 Å². The number of amides is 11. The van der Waals surface area contributed by atoms with Gasteiger partial charge in [0, 0.05) is 62.2 Å². The highest BCUT2D eigenvalue weighted by molar-refractivity contribution is 6.43. The van der Waals surface area contributed by atoms with E-state index in [-0.39, 0.29) is 81.9 Å². The molecule has 24 N–H and O–H groups in total. The van der Waals surface area contributed by atoms with Crippen molar-refractivity contribution in [2.45, 2.75) is 335 Å². The molecule has 0 saturated heterocycles. The Morgan fingerprint density at radius 2 is 1.08 bits per heavy atom. The number of phenolic OH excluding ortho intramolecular Hbond substituents is 1. The van der Waals surface area contributed by atoms with Crippen molar-refractivity contribution in [3.8, 4) is 5.75 Å². The van der Waals surface area contributed by atoms with Gasteiger partial charge in [0.25, 0.3) is 0 Å². The van der Waals surface area contributed by atoms with Crippen LogP contribution in [0.3, 0.4) is 0 Å². The fraction of sp³-hybridized carbons (Fsp3) is 0.570. The molecule has 1 aliphatic heterocycles. The standard InChI is InChI=1S/C100H147N19O24/c1-53(2)45-68-52-104-72(39-41-79(101)124)85(130)83(128)58(8)106-96(141)77(50-67-51-103-71-34-28-27-33-70(67)71)117-116-74(49-66-35-37-69(122)38-36-66)87(132)86(131)73(40-42-80(125)126)111-98(143)100(16,119-118-75(48-65-31-25-24-26-32-65)88(133)89(134)81(63(13)120)112-95(140)76(46-54(3)4)110-64(14)121)44-30-23-21-19-17-18-20-22-29-43-99(15,113-94(68)139)97(142)109-62(12)93(138)108-61(11)92(137)107-60(10)91(136)105-57(7)82(127)84(129)59(9)115-114-56(6)78(123)47-55(5)90(102)135/h18,20,24-28,31-38,51,53-63,68,72-77,81,103-104,114-120,122H,17,19,21-23,29-30,39-50,52H2,1-16H3,(H2,101,124)(H2,102,135)(H,105,136)(H,106,141)(H,107,137)(H,108,138)(H,109,142)(H,110,121)(H,111,143)(H,112,140)(H,113,139)(H,125,126)/b20-18+/t55-,56+,57-,58?,59-,60?,61-,62?,63+,68+,72-,73-,74-,75-,76-,77-,81-,99-,100+/m0/s1. The number of aromatic amines is 1. The SMILES string of the molecule is CC(=O)N[C@@H](CC(C)C)C(=O)N[C@H](C(=O)C(=O)[C@H](Cc1ccccc1)NN[C@]1(C)CCCCCC/C=C/CCC[C@@](C)(C(=O)NC(C)C(=O)N[C@@H](C)C(=O)NC(C)C(=O)N[C@@H](C)C(=O)C(=O)[C@H](C)NN[C@H](C)C(=O)C[C@H](C)C(N)=O)NC(=O)[C@H](CC(C)C)CN[C@@H](CCC(N)=O)C(=O)C(=O)C(C)NC(=O)[C@H](Cc2c[nH]c3ccccc23)NN[C@@H](Cc2ccc(O)cc2)C(=O)C(=O)[C@H](CCC(=O)O)NC1=O)[C@@H](C)O. The summed E-state index contributed by atoms with van der Waals surface area (Å²) < 4.78 is 0. The first kappa shape index (κ1) is 121. The number of hydrogen-bond donors (Lipinski definition) is 22. The lowest BCUT2D eigenvalue weighted by molar-refractivity contribution is -0.143. The van der Waals surface area contributed by atoms with Gasteiger partial charge < -0.3 is 84.9 Å². The monoisotopic (exact) mass is 2000 g/mol. The molecule has 4 aromatic rings. The maximum atomic E-state index is 15.6. The number of allylic oxidation sites excluding steroid dienone is 2. The van der Waals surface area contributed by atoms with Crippen molar-refractivity contribution < 1.29 is 116 Å². The highest BCUT2D eigenvalue weighted by atomic mass is 16.4. The van der Waals surface area contributed by atoms with Crippen molar-refractivity contribution >= 4 is 134 Å². The third-order valence-electron chi connectivity index (χ3n) is 24.6. The molecule has 0 radical (unpaired) electrons. The van der Waals surface area contributed by atoms with Crippen LogP contribution >= 0.6 is 0 Å². The van der Waals surface area contributed by atoms with Crippen LogP contribution in [0.25, 0.3) is 10.9 Å². The number of phenols is 1. The lowest BCUT2D eigenvalue weighted by atomic mass is 9.89. The number of aliphatic hydroxyl groups excluding tert-OH is 1. The molecule has 0 aliphatic carbocycles. The van der Waals surface area contributed by atoms with E-state index in [9.17, 15) is 92.0 Å². The third-order valence-corrected chi connectivity index (χ3v) is 24.6. The Hall–Kier alpha value is -12.9. The van der Waals surface area contributed by atoms with Gasteiger partial charge in [0.2, 0.25) is 111 Å². The van der Waals surface area contributed by atoms with E-state index in [0.29, 0.717) is 59.7 Å². The number of hydrogen-bond acceptors (Lipinski definition) is 30. The van der Waals surface area contributed by atoms with Gasteiger partial charge in [0.1, 0.15) is 53.1 Å². The Bertz CT molecular complexity index is 5160. The molecule has 3 unspecified atom stereocenters. The lowest BCUT2D eigenvalue weighted by Gasteiger charge is -2.34. The zero-order chi connectivity index (χ0) is 107. The summed E-state index contributed by atoms with van der Waals surface area (Å²) in [5.74, 6) is -23.2. The molecular weight excluding hydrogens is 1850 g/mol. The predicted molar refractivity (Wildman–Crippen MR) is 527 cm³/mol. The second-order valence-corrected chi connectivity index (χ2v) is 38.4. The Labute approximate surface area is 832 Å². The van der Waals surface area contributed by atoms with Crippen LogP contribution in [-0.4, -0.2) is 252 Å². The molecule has 19 atom stereocenters. The summed E-state index contributed by atoms with van der Waals surface area (Å²) in [6, 6.07) is -0.184. The second kappa shape index (κ2) is 58.6. The van der Waals surface area contributed by atoms with Gasteiger partial charge in [0.15, 0.2) is 5.78 Å². The molecule has 11 amide bonds. The van der Waals surface area contributed by atoms with Crippen LogP contribution < -0.4 is 97.2 Å². The number of hydrazine groups is 3. The number of nitrogens with two attached hydrogens (primary N) is 2. The number of aliphatic carboxylic acids is 1. The van der Waals surface area contributed by atoms with Gasteiger partial charge in [-0.05, 0) is 193 Å². The molecule has 43 nitrogen and oxygen atoms in total. The Morgan fingerprint density at radius 1 is 0.517 bits per heavy atom.